The molecule has 0 fully saturated rings. The van der Waals surface area contributed by atoms with Crippen molar-refractivity contribution in [2.75, 3.05) is 19.5 Å². The molecule has 7 nitrogen and oxygen atoms in total. The Labute approximate surface area is 188 Å². The molecule has 3 rings (SSSR count). The summed E-state index contributed by atoms with van der Waals surface area (Å²) in [6, 6.07) is 11.2. The number of methoxy groups -OCH3 is 2. The van der Waals surface area contributed by atoms with Gasteiger partial charge in [-0.2, -0.15) is 0 Å². The zero-order valence-electron chi connectivity index (χ0n) is 18.0. The van der Waals surface area contributed by atoms with Crippen LogP contribution >= 0.6 is 0 Å². The average Bonchev–Trinajstić information content (AvgIpc) is 2.80. The maximum atomic E-state index is 12.4. The van der Waals surface area contributed by atoms with E-state index >= 15 is 0 Å². The number of hydrogen-bond donors (Lipinski definition) is 1. The van der Waals surface area contributed by atoms with E-state index in [0.717, 1.165) is 16.7 Å². The van der Waals surface area contributed by atoms with Gasteiger partial charge in [-0.05, 0) is 47.4 Å². The molecule has 2 aromatic carbocycles. The third-order valence-corrected chi connectivity index (χ3v) is 4.67. The van der Waals surface area contributed by atoms with Gasteiger partial charge in [0.15, 0.2) is 0 Å². The van der Waals surface area contributed by atoms with E-state index in [1.165, 1.54) is 25.3 Å². The van der Waals surface area contributed by atoms with Crippen molar-refractivity contribution in [2.45, 2.75) is 25.7 Å². The molecule has 0 radical (unpaired) electrons. The van der Waals surface area contributed by atoms with E-state index in [0.29, 0.717) is 23.7 Å². The Bertz CT molecular complexity index is 1090. The zero-order valence-corrected chi connectivity index (χ0v) is 18.0. The first-order valence-electron chi connectivity index (χ1n) is 9.92. The summed E-state index contributed by atoms with van der Waals surface area (Å²) in [6.45, 7) is 0.217. The second kappa shape index (κ2) is 10.7. The van der Waals surface area contributed by atoms with Crippen LogP contribution in [0.5, 0.6) is 11.5 Å². The topological polar surface area (TPSA) is 82.6 Å². The molecule has 0 spiro atoms. The van der Waals surface area contributed by atoms with E-state index in [4.69, 9.17) is 9.47 Å². The molecule has 0 aliphatic carbocycles. The predicted molar refractivity (Wildman–Crippen MR) is 115 cm³/mol. The van der Waals surface area contributed by atoms with Crippen molar-refractivity contribution in [3.63, 3.8) is 0 Å². The molecule has 0 aliphatic heterocycles. The molecule has 33 heavy (non-hydrogen) atoms. The van der Waals surface area contributed by atoms with Gasteiger partial charge in [0.1, 0.15) is 11.5 Å². The average molecular weight is 461 g/mol. The van der Waals surface area contributed by atoms with E-state index in [9.17, 15) is 18.0 Å². The molecule has 0 atom stereocenters. The number of aromatic nitrogens is 2. The maximum absolute atomic E-state index is 12.4. The van der Waals surface area contributed by atoms with Crippen molar-refractivity contribution in [1.82, 2.24) is 9.97 Å². The van der Waals surface area contributed by atoms with E-state index in [1.807, 2.05) is 18.2 Å². The van der Waals surface area contributed by atoms with Gasteiger partial charge in [0.25, 0.3) is 0 Å². The van der Waals surface area contributed by atoms with Gasteiger partial charge >= 0.3 is 12.3 Å². The summed E-state index contributed by atoms with van der Waals surface area (Å²) in [5, 5.41) is 2.97. The number of rotatable bonds is 9. The van der Waals surface area contributed by atoms with Crippen LogP contribution in [0.25, 0.3) is 11.1 Å². The number of esters is 1. The van der Waals surface area contributed by atoms with Crippen molar-refractivity contribution in [1.29, 1.82) is 0 Å². The zero-order chi connectivity index (χ0) is 23.8. The first-order chi connectivity index (χ1) is 15.8. The van der Waals surface area contributed by atoms with Gasteiger partial charge < -0.3 is 19.5 Å². The lowest BCUT2D eigenvalue weighted by molar-refractivity contribution is -0.274. The number of hydrogen-bond acceptors (Lipinski definition) is 7. The number of carbonyl (C=O) groups is 1. The molecule has 0 saturated heterocycles. The molecule has 0 amide bonds. The third kappa shape index (κ3) is 7.09. The highest BCUT2D eigenvalue weighted by Gasteiger charge is 2.31. The van der Waals surface area contributed by atoms with E-state index in [1.54, 1.807) is 25.6 Å². The van der Waals surface area contributed by atoms with Crippen molar-refractivity contribution < 1.29 is 32.2 Å². The SMILES string of the molecule is COC(=O)CCc1cc(-c2cnc(NCc3cccc(OC(F)(F)F)c3)nc2)ccc1OC. The lowest BCUT2D eigenvalue weighted by Crippen LogP contribution is -2.17. The quantitative estimate of drug-likeness (QED) is 0.460. The summed E-state index contributed by atoms with van der Waals surface area (Å²) >= 11 is 0. The Morgan fingerprint density at radius 1 is 1.03 bits per heavy atom. The summed E-state index contributed by atoms with van der Waals surface area (Å²) in [5.41, 5.74) is 3.03. The smallest absolute Gasteiger partial charge is 0.496 e. The fourth-order valence-corrected chi connectivity index (χ4v) is 3.09. The highest BCUT2D eigenvalue weighted by atomic mass is 19.4. The van der Waals surface area contributed by atoms with Crippen LogP contribution in [0.2, 0.25) is 0 Å². The van der Waals surface area contributed by atoms with Crippen LogP contribution in [-0.2, 0) is 22.5 Å². The number of carbonyl (C=O) groups excluding carboxylic acids is 1. The number of benzene rings is 2. The molecular formula is C23H22F3N3O4. The van der Waals surface area contributed by atoms with Gasteiger partial charge in [-0.15, -0.1) is 13.2 Å². The normalized spacial score (nSPS) is 11.1. The Morgan fingerprint density at radius 3 is 2.45 bits per heavy atom. The molecule has 0 bridgehead atoms. The van der Waals surface area contributed by atoms with Gasteiger partial charge in [0.05, 0.1) is 14.2 Å². The number of aryl methyl sites for hydroxylation is 1. The molecule has 0 unspecified atom stereocenters. The van der Waals surface area contributed by atoms with Crippen molar-refractivity contribution in [3.05, 3.63) is 66.0 Å². The van der Waals surface area contributed by atoms with E-state index in [-0.39, 0.29) is 24.7 Å². The number of nitrogens with zero attached hydrogens (tertiary/aromatic N) is 2. The Balaban J connectivity index is 1.67. The van der Waals surface area contributed by atoms with E-state index < -0.39 is 6.36 Å². The monoisotopic (exact) mass is 461 g/mol. The number of anilines is 1. The molecule has 174 valence electrons. The molecule has 10 heteroatoms. The van der Waals surface area contributed by atoms with Crippen LogP contribution in [0.15, 0.2) is 54.9 Å². The lowest BCUT2D eigenvalue weighted by Gasteiger charge is -2.12. The minimum Gasteiger partial charge on any atom is -0.496 e. The van der Waals surface area contributed by atoms with Crippen LogP contribution < -0.4 is 14.8 Å². The highest BCUT2D eigenvalue weighted by Crippen LogP contribution is 2.28. The Morgan fingerprint density at radius 2 is 1.79 bits per heavy atom. The van der Waals surface area contributed by atoms with Gasteiger partial charge in [0.2, 0.25) is 5.95 Å². The van der Waals surface area contributed by atoms with Gasteiger partial charge in [-0.3, -0.25) is 4.79 Å². The van der Waals surface area contributed by atoms with Crippen LogP contribution in [0.3, 0.4) is 0 Å². The third-order valence-electron chi connectivity index (χ3n) is 4.67. The maximum Gasteiger partial charge on any atom is 0.573 e. The first kappa shape index (κ1) is 23.8. The summed E-state index contributed by atoms with van der Waals surface area (Å²) in [5.74, 6) is 0.385. The number of ether oxygens (including phenoxy) is 3. The molecule has 1 N–H and O–H groups in total. The molecule has 1 heterocycles. The van der Waals surface area contributed by atoms with Crippen LogP contribution in [0.4, 0.5) is 19.1 Å². The molecule has 0 aliphatic rings. The molecule has 3 aromatic rings. The van der Waals surface area contributed by atoms with Crippen LogP contribution in [0.1, 0.15) is 17.5 Å². The van der Waals surface area contributed by atoms with Gasteiger partial charge in [0, 0.05) is 30.9 Å². The largest absolute Gasteiger partial charge is 0.573 e. The van der Waals surface area contributed by atoms with Crippen LogP contribution in [0, 0.1) is 0 Å². The predicted octanol–water partition coefficient (Wildman–Crippen LogP) is 4.77. The van der Waals surface area contributed by atoms with Gasteiger partial charge in [-0.1, -0.05) is 18.2 Å². The number of halogens is 3. The van der Waals surface area contributed by atoms with Crippen molar-refractivity contribution >= 4 is 11.9 Å². The van der Waals surface area contributed by atoms with Gasteiger partial charge in [-0.25, -0.2) is 9.97 Å². The summed E-state index contributed by atoms with van der Waals surface area (Å²) < 4.78 is 51.1. The molecule has 0 saturated carbocycles. The minimum absolute atomic E-state index is 0.217. The van der Waals surface area contributed by atoms with Crippen LogP contribution in [-0.4, -0.2) is 36.5 Å². The second-order valence-corrected chi connectivity index (χ2v) is 6.95. The number of nitrogens with one attached hydrogen (secondary N) is 1. The summed E-state index contributed by atoms with van der Waals surface area (Å²) in [4.78, 5) is 20.0. The second-order valence-electron chi connectivity index (χ2n) is 6.95. The molecular weight excluding hydrogens is 439 g/mol. The Kier molecular flexibility index (Phi) is 7.70. The minimum atomic E-state index is -4.74. The van der Waals surface area contributed by atoms with E-state index in [2.05, 4.69) is 20.0 Å². The fourth-order valence-electron chi connectivity index (χ4n) is 3.09. The number of alkyl halides is 3. The van der Waals surface area contributed by atoms with Crippen molar-refractivity contribution in [3.8, 4) is 22.6 Å². The fraction of sp³-hybridized carbons (Fsp3) is 0.261. The lowest BCUT2D eigenvalue weighted by atomic mass is 10.0. The first-order valence-corrected chi connectivity index (χ1v) is 9.92. The molecule has 1 aromatic heterocycles. The summed E-state index contributed by atoms with van der Waals surface area (Å²) in [7, 11) is 2.90. The standard InChI is InChI=1S/C23H22F3N3O4/c1-31-20-8-6-16(11-17(20)7-9-21(30)32-2)18-13-28-22(29-14-18)27-12-15-4-3-5-19(10-15)33-23(24,25)26/h3-6,8,10-11,13-14H,7,9,12H2,1-2H3,(H,27,28,29). The summed E-state index contributed by atoms with van der Waals surface area (Å²) in [6.07, 6.45) is -0.799. The van der Waals surface area contributed by atoms with Crippen molar-refractivity contribution in [2.24, 2.45) is 0 Å². The highest BCUT2D eigenvalue weighted by molar-refractivity contribution is 5.70. The Hall–Kier alpha value is -3.82.